The molecule has 0 bridgehead atoms. The standard InChI is InChI=1S/C14H19ClFNO/c1-2-17-14-5-6-18-9-11(14)7-10-8-12(15)3-4-13(10)16/h3-4,8,11,14,17H,2,5-7,9H2,1H3. The van der Waals surface area contributed by atoms with Gasteiger partial charge in [0.25, 0.3) is 0 Å². The Morgan fingerprint density at radius 1 is 1.50 bits per heavy atom. The second kappa shape index (κ2) is 6.50. The van der Waals surface area contributed by atoms with Gasteiger partial charge in [-0.1, -0.05) is 18.5 Å². The Kier molecular flexibility index (Phi) is 4.98. The number of nitrogens with one attached hydrogen (secondary N) is 1. The van der Waals surface area contributed by atoms with Gasteiger partial charge in [-0.05, 0) is 43.1 Å². The van der Waals surface area contributed by atoms with E-state index in [9.17, 15) is 4.39 Å². The van der Waals surface area contributed by atoms with E-state index in [1.807, 2.05) is 0 Å². The number of benzene rings is 1. The summed E-state index contributed by atoms with van der Waals surface area (Å²) in [6, 6.07) is 5.14. The van der Waals surface area contributed by atoms with Crippen molar-refractivity contribution in [3.8, 4) is 0 Å². The van der Waals surface area contributed by atoms with E-state index in [-0.39, 0.29) is 5.82 Å². The lowest BCUT2D eigenvalue weighted by atomic mass is 9.89. The molecule has 2 rings (SSSR count). The maximum Gasteiger partial charge on any atom is 0.126 e. The molecule has 1 fully saturated rings. The largest absolute Gasteiger partial charge is 0.381 e. The highest BCUT2D eigenvalue weighted by atomic mass is 35.5. The van der Waals surface area contributed by atoms with Crippen molar-refractivity contribution in [2.45, 2.75) is 25.8 Å². The molecule has 0 spiro atoms. The molecule has 2 unspecified atom stereocenters. The van der Waals surface area contributed by atoms with Crippen LogP contribution >= 0.6 is 11.6 Å². The van der Waals surface area contributed by atoms with E-state index < -0.39 is 0 Å². The summed E-state index contributed by atoms with van der Waals surface area (Å²) in [6.45, 7) is 4.49. The predicted octanol–water partition coefficient (Wildman–Crippen LogP) is 3.04. The van der Waals surface area contributed by atoms with Gasteiger partial charge in [-0.25, -0.2) is 4.39 Å². The van der Waals surface area contributed by atoms with E-state index in [1.165, 1.54) is 6.07 Å². The molecule has 100 valence electrons. The number of halogens is 2. The van der Waals surface area contributed by atoms with Crippen LogP contribution < -0.4 is 5.32 Å². The lowest BCUT2D eigenvalue weighted by molar-refractivity contribution is 0.0324. The third-order valence-electron chi connectivity index (χ3n) is 3.43. The molecule has 0 aliphatic carbocycles. The van der Waals surface area contributed by atoms with Gasteiger partial charge in [0.1, 0.15) is 5.82 Å². The highest BCUT2D eigenvalue weighted by Crippen LogP contribution is 2.23. The summed E-state index contributed by atoms with van der Waals surface area (Å²) in [5.41, 5.74) is 0.681. The fourth-order valence-corrected chi connectivity index (χ4v) is 2.71. The van der Waals surface area contributed by atoms with Crippen molar-refractivity contribution in [3.63, 3.8) is 0 Å². The van der Waals surface area contributed by atoms with E-state index in [1.54, 1.807) is 12.1 Å². The Morgan fingerprint density at radius 2 is 2.33 bits per heavy atom. The van der Waals surface area contributed by atoms with Gasteiger partial charge >= 0.3 is 0 Å². The van der Waals surface area contributed by atoms with Gasteiger partial charge in [0.15, 0.2) is 0 Å². The summed E-state index contributed by atoms with van der Waals surface area (Å²) < 4.78 is 19.2. The quantitative estimate of drug-likeness (QED) is 0.909. The van der Waals surface area contributed by atoms with Crippen LogP contribution in [0, 0.1) is 11.7 Å². The van der Waals surface area contributed by atoms with Gasteiger partial charge in [-0.3, -0.25) is 0 Å². The normalized spacial score (nSPS) is 24.2. The Balaban J connectivity index is 2.08. The molecule has 1 heterocycles. The zero-order chi connectivity index (χ0) is 13.0. The Hall–Kier alpha value is -0.640. The van der Waals surface area contributed by atoms with Crippen LogP contribution in [0.15, 0.2) is 18.2 Å². The minimum atomic E-state index is -0.180. The first-order valence-corrected chi connectivity index (χ1v) is 6.83. The molecule has 0 aromatic heterocycles. The van der Waals surface area contributed by atoms with Crippen molar-refractivity contribution in [2.24, 2.45) is 5.92 Å². The third-order valence-corrected chi connectivity index (χ3v) is 3.67. The van der Waals surface area contributed by atoms with Gasteiger partial charge in [-0.15, -0.1) is 0 Å². The van der Waals surface area contributed by atoms with Crippen LogP contribution in [0.1, 0.15) is 18.9 Å². The predicted molar refractivity (Wildman–Crippen MR) is 71.5 cm³/mol. The number of hydrogen-bond acceptors (Lipinski definition) is 2. The van der Waals surface area contributed by atoms with Crippen LogP contribution in [0.3, 0.4) is 0 Å². The summed E-state index contributed by atoms with van der Waals surface area (Å²) >= 11 is 5.92. The van der Waals surface area contributed by atoms with E-state index >= 15 is 0 Å². The van der Waals surface area contributed by atoms with Crippen LogP contribution in [0.4, 0.5) is 4.39 Å². The van der Waals surface area contributed by atoms with Crippen LogP contribution in [0.25, 0.3) is 0 Å². The van der Waals surface area contributed by atoms with Gasteiger partial charge in [0, 0.05) is 23.6 Å². The highest BCUT2D eigenvalue weighted by molar-refractivity contribution is 6.30. The Bertz CT molecular complexity index is 397. The van der Waals surface area contributed by atoms with Crippen LogP contribution in [-0.2, 0) is 11.2 Å². The first kappa shape index (κ1) is 13.8. The van der Waals surface area contributed by atoms with Crippen molar-refractivity contribution in [2.75, 3.05) is 19.8 Å². The second-order valence-corrected chi connectivity index (χ2v) is 5.16. The minimum Gasteiger partial charge on any atom is -0.381 e. The fourth-order valence-electron chi connectivity index (χ4n) is 2.51. The minimum absolute atomic E-state index is 0.180. The van der Waals surface area contributed by atoms with E-state index in [0.717, 1.165) is 19.6 Å². The topological polar surface area (TPSA) is 21.3 Å². The number of rotatable bonds is 4. The third kappa shape index (κ3) is 3.44. The Morgan fingerprint density at radius 3 is 3.11 bits per heavy atom. The van der Waals surface area contributed by atoms with E-state index in [0.29, 0.717) is 35.6 Å². The van der Waals surface area contributed by atoms with Crippen LogP contribution in [0.5, 0.6) is 0 Å². The number of hydrogen-bond donors (Lipinski definition) is 1. The molecule has 1 aliphatic rings. The molecule has 2 atom stereocenters. The summed E-state index contributed by atoms with van der Waals surface area (Å²) in [4.78, 5) is 0. The highest BCUT2D eigenvalue weighted by Gasteiger charge is 2.26. The van der Waals surface area contributed by atoms with Gasteiger partial charge in [0.2, 0.25) is 0 Å². The lowest BCUT2D eigenvalue weighted by Gasteiger charge is -2.32. The van der Waals surface area contributed by atoms with Crippen molar-refractivity contribution in [1.29, 1.82) is 0 Å². The van der Waals surface area contributed by atoms with Crippen molar-refractivity contribution < 1.29 is 9.13 Å². The molecular weight excluding hydrogens is 253 g/mol. The van der Waals surface area contributed by atoms with Crippen molar-refractivity contribution in [3.05, 3.63) is 34.6 Å². The molecule has 1 aromatic rings. The first-order valence-electron chi connectivity index (χ1n) is 6.45. The molecule has 1 aromatic carbocycles. The smallest absolute Gasteiger partial charge is 0.126 e. The number of ether oxygens (including phenoxy) is 1. The molecule has 2 nitrogen and oxygen atoms in total. The summed E-state index contributed by atoms with van der Waals surface area (Å²) in [5, 5.41) is 4.04. The average molecular weight is 272 g/mol. The average Bonchev–Trinajstić information content (AvgIpc) is 2.36. The molecular formula is C14H19ClFNO. The van der Waals surface area contributed by atoms with Gasteiger partial charge < -0.3 is 10.1 Å². The molecule has 1 aliphatic heterocycles. The molecule has 1 saturated heterocycles. The molecule has 18 heavy (non-hydrogen) atoms. The lowest BCUT2D eigenvalue weighted by Crippen LogP contribution is -2.43. The zero-order valence-corrected chi connectivity index (χ0v) is 11.3. The maximum atomic E-state index is 13.7. The van der Waals surface area contributed by atoms with Crippen LogP contribution in [-0.4, -0.2) is 25.8 Å². The molecule has 0 amide bonds. The van der Waals surface area contributed by atoms with Gasteiger partial charge in [0.05, 0.1) is 6.61 Å². The zero-order valence-electron chi connectivity index (χ0n) is 10.6. The molecule has 4 heteroatoms. The summed E-state index contributed by atoms with van der Waals surface area (Å²) in [6.07, 6.45) is 1.66. The fraction of sp³-hybridized carbons (Fsp3) is 0.571. The summed E-state index contributed by atoms with van der Waals surface area (Å²) in [7, 11) is 0. The second-order valence-electron chi connectivity index (χ2n) is 4.73. The van der Waals surface area contributed by atoms with Crippen molar-refractivity contribution >= 4 is 11.6 Å². The monoisotopic (exact) mass is 271 g/mol. The van der Waals surface area contributed by atoms with E-state index in [2.05, 4.69) is 12.2 Å². The van der Waals surface area contributed by atoms with Crippen molar-refractivity contribution in [1.82, 2.24) is 5.32 Å². The first-order chi connectivity index (χ1) is 8.70. The molecule has 1 N–H and O–H groups in total. The Labute approximate surface area is 112 Å². The SMILES string of the molecule is CCNC1CCOCC1Cc1cc(Cl)ccc1F. The maximum absolute atomic E-state index is 13.7. The van der Waals surface area contributed by atoms with E-state index in [4.69, 9.17) is 16.3 Å². The van der Waals surface area contributed by atoms with Crippen LogP contribution in [0.2, 0.25) is 5.02 Å². The summed E-state index contributed by atoms with van der Waals surface area (Å²) in [5.74, 6) is 0.131. The molecule has 0 saturated carbocycles. The van der Waals surface area contributed by atoms with Gasteiger partial charge in [-0.2, -0.15) is 0 Å². The molecule has 0 radical (unpaired) electrons.